The first-order valence-electron chi connectivity index (χ1n) is 8.90. The molecule has 0 spiro atoms. The maximum atomic E-state index is 4.74. The van der Waals surface area contributed by atoms with E-state index in [1.54, 1.807) is 0 Å². The molecule has 2 heterocycles. The summed E-state index contributed by atoms with van der Waals surface area (Å²) < 4.78 is 2.66. The van der Waals surface area contributed by atoms with Crippen LogP contribution in [0, 0.1) is 19.8 Å². The molecule has 1 nitrogen and oxygen atoms in total. The molecule has 0 amide bonds. The predicted molar refractivity (Wildman–Crippen MR) is 111 cm³/mol. The Bertz CT molecular complexity index is 1050. The molecule has 0 saturated heterocycles. The number of fused-ring (bicyclic) bond motifs is 3. The van der Waals surface area contributed by atoms with E-state index in [-0.39, 0.29) is 0 Å². The van der Waals surface area contributed by atoms with Gasteiger partial charge < -0.3 is 0 Å². The fourth-order valence-electron chi connectivity index (χ4n) is 3.66. The van der Waals surface area contributed by atoms with E-state index < -0.39 is 0 Å². The highest BCUT2D eigenvalue weighted by molar-refractivity contribution is 7.26. The summed E-state index contributed by atoms with van der Waals surface area (Å²) in [7, 11) is 0. The van der Waals surface area contributed by atoms with Gasteiger partial charge in [0.25, 0.3) is 0 Å². The smallest absolute Gasteiger partial charge is 0.0880 e. The van der Waals surface area contributed by atoms with Crippen LogP contribution in [-0.4, -0.2) is 4.98 Å². The number of pyridine rings is 1. The summed E-state index contributed by atoms with van der Waals surface area (Å²) >= 11 is 1.87. The van der Waals surface area contributed by atoms with Crippen LogP contribution in [0.2, 0.25) is 0 Å². The number of nitrogens with zero attached hydrogens (tertiary/aromatic N) is 1. The molecule has 0 radical (unpaired) electrons. The first-order valence-corrected chi connectivity index (χ1v) is 9.72. The van der Waals surface area contributed by atoms with Gasteiger partial charge in [0, 0.05) is 27.2 Å². The first kappa shape index (κ1) is 16.3. The van der Waals surface area contributed by atoms with Crippen LogP contribution in [0.25, 0.3) is 31.4 Å². The summed E-state index contributed by atoms with van der Waals surface area (Å²) in [6.07, 6.45) is 3.08. The van der Waals surface area contributed by atoms with Crippen LogP contribution in [0.1, 0.15) is 30.5 Å². The molecule has 0 fully saturated rings. The summed E-state index contributed by atoms with van der Waals surface area (Å²) in [4.78, 5) is 4.74. The molecule has 4 aromatic rings. The van der Waals surface area contributed by atoms with Gasteiger partial charge in [-0.25, -0.2) is 0 Å². The van der Waals surface area contributed by atoms with Gasteiger partial charge in [0.15, 0.2) is 0 Å². The van der Waals surface area contributed by atoms with Crippen molar-refractivity contribution in [3.05, 3.63) is 65.4 Å². The highest BCUT2D eigenvalue weighted by Gasteiger charge is 2.12. The molecule has 0 N–H and O–H groups in total. The quantitative estimate of drug-likeness (QED) is 0.392. The van der Waals surface area contributed by atoms with Crippen LogP contribution >= 0.6 is 11.3 Å². The number of benzene rings is 2. The predicted octanol–water partition coefficient (Wildman–Crippen LogP) is 6.93. The zero-order valence-corrected chi connectivity index (χ0v) is 16.1. The second-order valence-electron chi connectivity index (χ2n) is 7.44. The second-order valence-corrected chi connectivity index (χ2v) is 8.50. The fraction of sp³-hybridized carbons (Fsp3) is 0.261. The van der Waals surface area contributed by atoms with Crippen molar-refractivity contribution in [2.45, 2.75) is 34.1 Å². The lowest BCUT2D eigenvalue weighted by atomic mass is 10.0. The molecule has 2 heteroatoms. The molecule has 126 valence electrons. The normalized spacial score (nSPS) is 11.7. The molecule has 0 unspecified atom stereocenters. The highest BCUT2D eigenvalue weighted by atomic mass is 32.1. The molecule has 0 saturated carbocycles. The van der Waals surface area contributed by atoms with Crippen LogP contribution in [0.5, 0.6) is 0 Å². The zero-order valence-electron chi connectivity index (χ0n) is 15.3. The van der Waals surface area contributed by atoms with E-state index in [0.717, 1.165) is 12.1 Å². The molecule has 0 bridgehead atoms. The lowest BCUT2D eigenvalue weighted by molar-refractivity contribution is 0.648. The van der Waals surface area contributed by atoms with E-state index in [1.807, 2.05) is 17.5 Å². The van der Waals surface area contributed by atoms with Crippen LogP contribution in [0.3, 0.4) is 0 Å². The maximum Gasteiger partial charge on any atom is 0.0880 e. The van der Waals surface area contributed by atoms with Crippen molar-refractivity contribution in [1.29, 1.82) is 0 Å². The zero-order chi connectivity index (χ0) is 17.6. The second kappa shape index (κ2) is 6.27. The van der Waals surface area contributed by atoms with Crippen molar-refractivity contribution < 1.29 is 0 Å². The summed E-state index contributed by atoms with van der Waals surface area (Å²) in [5.74, 6) is 0.680. The number of aryl methyl sites for hydroxylation is 2. The van der Waals surface area contributed by atoms with Gasteiger partial charge in [-0.15, -0.1) is 11.3 Å². The van der Waals surface area contributed by atoms with Gasteiger partial charge >= 0.3 is 0 Å². The van der Waals surface area contributed by atoms with E-state index in [1.165, 1.54) is 42.4 Å². The molecule has 4 rings (SSSR count). The van der Waals surface area contributed by atoms with Crippen molar-refractivity contribution in [3.8, 4) is 11.3 Å². The van der Waals surface area contributed by atoms with Gasteiger partial charge in [-0.2, -0.15) is 0 Å². The Morgan fingerprint density at radius 2 is 1.68 bits per heavy atom. The lowest BCUT2D eigenvalue weighted by Gasteiger charge is -2.05. The molecule has 2 aromatic carbocycles. The van der Waals surface area contributed by atoms with Crippen molar-refractivity contribution in [2.75, 3.05) is 0 Å². The Morgan fingerprint density at radius 3 is 2.40 bits per heavy atom. The molecule has 0 aliphatic rings. The molecule has 0 aliphatic heterocycles. The minimum Gasteiger partial charge on any atom is -0.255 e. The van der Waals surface area contributed by atoms with Gasteiger partial charge in [-0.3, -0.25) is 4.98 Å². The van der Waals surface area contributed by atoms with Gasteiger partial charge in [-0.1, -0.05) is 43.2 Å². The summed E-state index contributed by atoms with van der Waals surface area (Å²) in [5.41, 5.74) is 6.33. The van der Waals surface area contributed by atoms with Crippen LogP contribution in [0.4, 0.5) is 0 Å². The average Bonchev–Trinajstić information content (AvgIpc) is 2.90. The van der Waals surface area contributed by atoms with E-state index in [4.69, 9.17) is 4.98 Å². The summed E-state index contributed by atoms with van der Waals surface area (Å²) in [5, 5.41) is 2.67. The number of thiophene rings is 1. The summed E-state index contributed by atoms with van der Waals surface area (Å²) in [6.45, 7) is 8.86. The SMILES string of the molecule is Cc1cc(C)cc(-c2nccc3c2sc2cc(CC(C)C)ccc23)c1. The summed E-state index contributed by atoms with van der Waals surface area (Å²) in [6, 6.07) is 15.8. The third kappa shape index (κ3) is 3.07. The molecule has 0 aliphatic carbocycles. The minimum atomic E-state index is 0.680. The lowest BCUT2D eigenvalue weighted by Crippen LogP contribution is -1.92. The topological polar surface area (TPSA) is 12.9 Å². The number of rotatable bonds is 3. The molecule has 0 atom stereocenters. The molecular formula is C23H23NS. The van der Waals surface area contributed by atoms with E-state index in [9.17, 15) is 0 Å². The molecule has 25 heavy (non-hydrogen) atoms. The standard InChI is InChI=1S/C23H23NS/c1-14(2)9-17-5-6-19-20-7-8-24-22(23(20)25-21(19)13-17)18-11-15(3)10-16(4)12-18/h5-8,10-14H,9H2,1-4H3. The van der Waals surface area contributed by atoms with Crippen LogP contribution < -0.4 is 0 Å². The van der Waals surface area contributed by atoms with Gasteiger partial charge in [0.2, 0.25) is 0 Å². The number of hydrogen-bond acceptors (Lipinski definition) is 2. The average molecular weight is 346 g/mol. The Kier molecular flexibility index (Phi) is 4.09. The van der Waals surface area contributed by atoms with Crippen molar-refractivity contribution in [3.63, 3.8) is 0 Å². The van der Waals surface area contributed by atoms with Crippen molar-refractivity contribution >= 4 is 31.5 Å². The Morgan fingerprint density at radius 1 is 0.920 bits per heavy atom. The first-order chi connectivity index (χ1) is 12.0. The van der Waals surface area contributed by atoms with Crippen molar-refractivity contribution in [1.82, 2.24) is 4.98 Å². The van der Waals surface area contributed by atoms with Gasteiger partial charge in [0.05, 0.1) is 10.4 Å². The van der Waals surface area contributed by atoms with E-state index in [0.29, 0.717) is 5.92 Å². The van der Waals surface area contributed by atoms with Crippen LogP contribution in [-0.2, 0) is 6.42 Å². The van der Waals surface area contributed by atoms with E-state index >= 15 is 0 Å². The number of hydrogen-bond donors (Lipinski definition) is 0. The Hall–Kier alpha value is -2.19. The van der Waals surface area contributed by atoms with Crippen molar-refractivity contribution in [2.24, 2.45) is 5.92 Å². The highest BCUT2D eigenvalue weighted by Crippen LogP contribution is 2.39. The van der Waals surface area contributed by atoms with Gasteiger partial charge in [0.1, 0.15) is 0 Å². The minimum absolute atomic E-state index is 0.680. The van der Waals surface area contributed by atoms with E-state index in [2.05, 4.69) is 70.2 Å². The Labute approximate surface area is 153 Å². The van der Waals surface area contributed by atoms with Crippen LogP contribution in [0.15, 0.2) is 48.7 Å². The monoisotopic (exact) mass is 345 g/mol. The largest absolute Gasteiger partial charge is 0.255 e. The molecule has 2 aromatic heterocycles. The number of aromatic nitrogens is 1. The fourth-order valence-corrected chi connectivity index (χ4v) is 4.94. The Balaban J connectivity index is 1.94. The third-order valence-corrected chi connectivity index (χ3v) is 5.77. The molecular weight excluding hydrogens is 322 g/mol. The third-order valence-electron chi connectivity index (χ3n) is 4.59. The van der Waals surface area contributed by atoms with Gasteiger partial charge in [-0.05, 0) is 56.0 Å². The maximum absolute atomic E-state index is 4.74.